The first-order chi connectivity index (χ1) is 17.6. The first-order valence-electron chi connectivity index (χ1n) is 13.4. The number of pyridine rings is 2. The maximum absolute atomic E-state index is 13.5. The van der Waals surface area contributed by atoms with Crippen molar-refractivity contribution in [3.63, 3.8) is 0 Å². The molecule has 2 aliphatic rings. The monoisotopic (exact) mass is 494 g/mol. The number of hydrogen-bond donors (Lipinski definition) is 2. The number of aryl methyl sites for hydroxylation is 2. The highest BCUT2D eigenvalue weighted by Gasteiger charge is 2.30. The molecule has 2 amide bonds. The van der Waals surface area contributed by atoms with Crippen molar-refractivity contribution in [2.24, 2.45) is 0 Å². The highest BCUT2D eigenvalue weighted by molar-refractivity contribution is 5.99. The van der Waals surface area contributed by atoms with Crippen LogP contribution in [0.1, 0.15) is 90.6 Å². The van der Waals surface area contributed by atoms with Gasteiger partial charge in [0, 0.05) is 49.8 Å². The zero-order chi connectivity index (χ0) is 25.3. The Bertz CT molecular complexity index is 1080. The Morgan fingerprint density at radius 2 is 1.69 bits per heavy atom. The fourth-order valence-corrected chi connectivity index (χ4v) is 5.34. The molecule has 2 aromatic heterocycles. The van der Waals surface area contributed by atoms with E-state index in [1.54, 1.807) is 28.1 Å². The Morgan fingerprint density at radius 1 is 0.972 bits per heavy atom. The third-order valence-electron chi connectivity index (χ3n) is 7.45. The van der Waals surface area contributed by atoms with Crippen molar-refractivity contribution >= 4 is 11.8 Å². The molecule has 2 fully saturated rings. The van der Waals surface area contributed by atoms with Crippen LogP contribution in [0, 0.1) is 0 Å². The van der Waals surface area contributed by atoms with E-state index in [0.29, 0.717) is 25.9 Å². The molecule has 194 valence electrons. The summed E-state index contributed by atoms with van der Waals surface area (Å²) in [5, 5.41) is 12.9. The van der Waals surface area contributed by atoms with Gasteiger partial charge in [0.15, 0.2) is 0 Å². The van der Waals surface area contributed by atoms with Crippen LogP contribution in [0.2, 0.25) is 0 Å². The summed E-state index contributed by atoms with van der Waals surface area (Å²) in [5.74, 6) is -0.824. The second-order valence-corrected chi connectivity index (χ2v) is 10.1. The molecule has 0 aromatic carbocycles. The van der Waals surface area contributed by atoms with Gasteiger partial charge in [-0.25, -0.2) is 0 Å². The predicted molar refractivity (Wildman–Crippen MR) is 138 cm³/mol. The Hall–Kier alpha value is -3.00. The van der Waals surface area contributed by atoms with Gasteiger partial charge in [-0.05, 0) is 44.2 Å². The highest BCUT2D eigenvalue weighted by Crippen LogP contribution is 2.20. The molecule has 1 aliphatic heterocycles. The maximum Gasteiger partial charge on any atom is 0.259 e. The molecule has 1 saturated heterocycles. The number of carbonyl (C=O) groups excluding carboxylic acids is 2. The lowest BCUT2D eigenvalue weighted by atomic mass is 9.96. The molecule has 8 heteroatoms. The topological polar surface area (TPSA) is 105 Å². The maximum atomic E-state index is 13.5. The molecule has 1 aliphatic carbocycles. The summed E-state index contributed by atoms with van der Waals surface area (Å²) in [6.07, 6.45) is 15.4. The van der Waals surface area contributed by atoms with Gasteiger partial charge in [0.1, 0.15) is 11.1 Å². The summed E-state index contributed by atoms with van der Waals surface area (Å²) >= 11 is 0. The van der Waals surface area contributed by atoms with Crippen molar-refractivity contribution in [2.75, 3.05) is 13.2 Å². The number of piperidine rings is 1. The third kappa shape index (κ3) is 6.60. The number of aromatic nitrogens is 2. The molecule has 3 heterocycles. The summed E-state index contributed by atoms with van der Waals surface area (Å²) in [6, 6.07) is 5.44. The Labute approximate surface area is 212 Å². The van der Waals surface area contributed by atoms with Crippen LogP contribution in [0.3, 0.4) is 0 Å². The van der Waals surface area contributed by atoms with E-state index in [1.165, 1.54) is 19.3 Å². The van der Waals surface area contributed by atoms with Gasteiger partial charge in [-0.3, -0.25) is 19.4 Å². The van der Waals surface area contributed by atoms with E-state index in [0.717, 1.165) is 44.2 Å². The van der Waals surface area contributed by atoms with Crippen LogP contribution in [0.4, 0.5) is 0 Å². The molecule has 1 atom stereocenters. The Morgan fingerprint density at radius 3 is 2.42 bits per heavy atom. The molecule has 4 rings (SSSR count). The molecule has 0 spiro atoms. The molecule has 8 nitrogen and oxygen atoms in total. The van der Waals surface area contributed by atoms with Gasteiger partial charge in [0.05, 0.1) is 12.6 Å². The predicted octanol–water partition coefficient (Wildman–Crippen LogP) is 3.32. The fraction of sp³-hybridized carbons (Fsp3) is 0.571. The summed E-state index contributed by atoms with van der Waals surface area (Å²) in [4.78, 5) is 46.3. The van der Waals surface area contributed by atoms with E-state index < -0.39 is 17.2 Å². The number of rotatable bonds is 7. The number of likely N-dealkylation sites (tertiary alicyclic amines) is 1. The smallest absolute Gasteiger partial charge is 0.259 e. The number of amides is 2. The highest BCUT2D eigenvalue weighted by atomic mass is 16.3. The number of nitrogens with zero attached hydrogens (tertiary/aromatic N) is 3. The molecule has 2 aromatic rings. The van der Waals surface area contributed by atoms with Gasteiger partial charge in [0.2, 0.25) is 5.43 Å². The second kappa shape index (κ2) is 12.8. The quantitative estimate of drug-likeness (QED) is 0.615. The van der Waals surface area contributed by atoms with Gasteiger partial charge in [-0.1, -0.05) is 38.2 Å². The number of carbonyl (C=O) groups is 2. The van der Waals surface area contributed by atoms with Crippen LogP contribution < -0.4 is 10.7 Å². The van der Waals surface area contributed by atoms with E-state index in [-0.39, 0.29) is 29.8 Å². The van der Waals surface area contributed by atoms with Gasteiger partial charge in [0.25, 0.3) is 11.8 Å². The average Bonchev–Trinajstić information content (AvgIpc) is 2.89. The summed E-state index contributed by atoms with van der Waals surface area (Å²) in [5.41, 5.74) is 0.337. The van der Waals surface area contributed by atoms with Gasteiger partial charge in [-0.15, -0.1) is 0 Å². The van der Waals surface area contributed by atoms with Crippen LogP contribution in [-0.2, 0) is 13.0 Å². The molecule has 1 saturated carbocycles. The lowest BCUT2D eigenvalue weighted by molar-refractivity contribution is 0.0501. The number of aliphatic hydroxyl groups excluding tert-OH is 1. The summed E-state index contributed by atoms with van der Waals surface area (Å²) < 4.78 is 1.76. The first-order valence-corrected chi connectivity index (χ1v) is 13.4. The van der Waals surface area contributed by atoms with Crippen LogP contribution in [0.25, 0.3) is 0 Å². The van der Waals surface area contributed by atoms with Crippen molar-refractivity contribution in [3.05, 3.63) is 63.8 Å². The first kappa shape index (κ1) is 26.1. The Balaban J connectivity index is 1.62. The van der Waals surface area contributed by atoms with Crippen LogP contribution in [0.15, 0.2) is 41.6 Å². The van der Waals surface area contributed by atoms with E-state index in [1.807, 2.05) is 18.2 Å². The SMILES string of the molecule is O=C(NC1CCCCCCC1)c1cn(CCc2ccccn2)cc(C(=O)N2CCCCC2CO)c1=O. The van der Waals surface area contributed by atoms with Crippen molar-refractivity contribution < 1.29 is 14.7 Å². The number of aliphatic hydroxyl groups is 1. The Kier molecular flexibility index (Phi) is 9.28. The van der Waals surface area contributed by atoms with Crippen molar-refractivity contribution in [2.45, 2.75) is 89.3 Å². The molecular formula is C28H38N4O4. The van der Waals surface area contributed by atoms with Gasteiger partial charge >= 0.3 is 0 Å². The minimum Gasteiger partial charge on any atom is -0.394 e. The summed E-state index contributed by atoms with van der Waals surface area (Å²) in [6.45, 7) is 0.835. The van der Waals surface area contributed by atoms with Crippen LogP contribution in [0.5, 0.6) is 0 Å². The average molecular weight is 495 g/mol. The zero-order valence-corrected chi connectivity index (χ0v) is 21.0. The van der Waals surface area contributed by atoms with E-state index in [4.69, 9.17) is 0 Å². The van der Waals surface area contributed by atoms with E-state index in [2.05, 4.69) is 10.3 Å². The number of nitrogens with one attached hydrogen (secondary N) is 1. The normalized spacial score (nSPS) is 19.4. The van der Waals surface area contributed by atoms with E-state index in [9.17, 15) is 19.5 Å². The zero-order valence-electron chi connectivity index (χ0n) is 21.0. The van der Waals surface area contributed by atoms with Gasteiger partial charge < -0.3 is 19.9 Å². The lowest BCUT2D eigenvalue weighted by Crippen LogP contribution is -2.47. The van der Waals surface area contributed by atoms with Crippen molar-refractivity contribution in [1.82, 2.24) is 19.8 Å². The minimum atomic E-state index is -0.542. The number of hydrogen-bond acceptors (Lipinski definition) is 5. The molecular weight excluding hydrogens is 456 g/mol. The molecule has 0 bridgehead atoms. The largest absolute Gasteiger partial charge is 0.394 e. The fourth-order valence-electron chi connectivity index (χ4n) is 5.34. The molecule has 1 unspecified atom stereocenters. The third-order valence-corrected chi connectivity index (χ3v) is 7.45. The minimum absolute atomic E-state index is 0.00138. The van der Waals surface area contributed by atoms with Crippen LogP contribution in [-0.4, -0.2) is 56.6 Å². The molecule has 2 N–H and O–H groups in total. The standard InChI is InChI=1S/C28H38N4O4/c33-20-23-13-7-9-16-32(23)28(36)25-19-31(17-14-21-10-6-8-15-29-21)18-24(26(25)34)27(35)30-22-11-4-2-1-3-5-12-22/h6,8,10,15,18-19,22-23,33H,1-5,7,9,11-14,16-17,20H2,(H,30,35). The molecule has 36 heavy (non-hydrogen) atoms. The van der Waals surface area contributed by atoms with Crippen molar-refractivity contribution in [1.29, 1.82) is 0 Å². The van der Waals surface area contributed by atoms with E-state index >= 15 is 0 Å². The van der Waals surface area contributed by atoms with Gasteiger partial charge in [-0.2, -0.15) is 0 Å². The van der Waals surface area contributed by atoms with Crippen molar-refractivity contribution in [3.8, 4) is 0 Å². The molecule has 0 radical (unpaired) electrons. The van der Waals surface area contributed by atoms with Crippen LogP contribution >= 0.6 is 0 Å². The summed E-state index contributed by atoms with van der Waals surface area (Å²) in [7, 11) is 0. The second-order valence-electron chi connectivity index (χ2n) is 10.1. The lowest BCUT2D eigenvalue weighted by Gasteiger charge is -2.34.